The van der Waals surface area contributed by atoms with E-state index in [0.29, 0.717) is 18.4 Å². The van der Waals surface area contributed by atoms with Crippen LogP contribution >= 0.6 is 0 Å². The highest BCUT2D eigenvalue weighted by Crippen LogP contribution is 2.05. The van der Waals surface area contributed by atoms with Gasteiger partial charge in [-0.05, 0) is 18.6 Å². The number of aromatic nitrogens is 2. The standard InChI is InChI=1S/C8H16N4O/c1-4-9-6-7-10-8(11-13-7)12(3)5-2/h9H,4-6H2,1-3H3. The Kier molecular flexibility index (Phi) is 3.70. The van der Waals surface area contributed by atoms with Crippen molar-refractivity contribution in [3.63, 3.8) is 0 Å². The van der Waals surface area contributed by atoms with Crippen molar-refractivity contribution in [1.29, 1.82) is 0 Å². The van der Waals surface area contributed by atoms with Crippen molar-refractivity contribution in [3.8, 4) is 0 Å². The van der Waals surface area contributed by atoms with Crippen LogP contribution in [0.25, 0.3) is 0 Å². The highest BCUT2D eigenvalue weighted by Gasteiger charge is 2.07. The fourth-order valence-electron chi connectivity index (χ4n) is 0.846. The van der Waals surface area contributed by atoms with Crippen molar-refractivity contribution in [2.75, 3.05) is 25.0 Å². The summed E-state index contributed by atoms with van der Waals surface area (Å²) in [4.78, 5) is 6.13. The lowest BCUT2D eigenvalue weighted by Gasteiger charge is -2.08. The van der Waals surface area contributed by atoms with Crippen LogP contribution in [0.5, 0.6) is 0 Å². The van der Waals surface area contributed by atoms with Crippen molar-refractivity contribution in [3.05, 3.63) is 5.89 Å². The summed E-state index contributed by atoms with van der Waals surface area (Å²) < 4.78 is 5.02. The predicted molar refractivity (Wildman–Crippen MR) is 50.6 cm³/mol. The Morgan fingerprint density at radius 3 is 2.85 bits per heavy atom. The van der Waals surface area contributed by atoms with Crippen LogP contribution in [0.2, 0.25) is 0 Å². The fourth-order valence-corrected chi connectivity index (χ4v) is 0.846. The third kappa shape index (κ3) is 2.69. The maximum atomic E-state index is 5.02. The third-order valence-electron chi connectivity index (χ3n) is 1.80. The molecule has 0 aromatic carbocycles. The lowest BCUT2D eigenvalue weighted by atomic mass is 10.6. The van der Waals surface area contributed by atoms with Gasteiger partial charge >= 0.3 is 0 Å². The van der Waals surface area contributed by atoms with E-state index in [4.69, 9.17) is 4.52 Å². The average Bonchev–Trinajstić information content (AvgIpc) is 2.62. The lowest BCUT2D eigenvalue weighted by molar-refractivity contribution is 0.368. The molecule has 0 aliphatic carbocycles. The number of hydrogen-bond acceptors (Lipinski definition) is 5. The molecule has 1 aromatic heterocycles. The van der Waals surface area contributed by atoms with Gasteiger partial charge in [-0.3, -0.25) is 0 Å². The van der Waals surface area contributed by atoms with Gasteiger partial charge in [-0.1, -0.05) is 6.92 Å². The molecular weight excluding hydrogens is 168 g/mol. The first-order chi connectivity index (χ1) is 6.27. The number of nitrogens with one attached hydrogen (secondary N) is 1. The highest BCUT2D eigenvalue weighted by molar-refractivity contribution is 5.24. The van der Waals surface area contributed by atoms with Gasteiger partial charge in [0.25, 0.3) is 5.95 Å². The number of rotatable bonds is 5. The third-order valence-corrected chi connectivity index (χ3v) is 1.80. The van der Waals surface area contributed by atoms with Crippen LogP contribution < -0.4 is 10.2 Å². The van der Waals surface area contributed by atoms with Crippen molar-refractivity contribution in [2.45, 2.75) is 20.4 Å². The van der Waals surface area contributed by atoms with E-state index in [-0.39, 0.29) is 0 Å². The summed E-state index contributed by atoms with van der Waals surface area (Å²) in [5.41, 5.74) is 0. The second-order valence-corrected chi connectivity index (χ2v) is 2.78. The predicted octanol–water partition coefficient (Wildman–Crippen LogP) is 0.635. The van der Waals surface area contributed by atoms with E-state index in [1.54, 1.807) is 0 Å². The van der Waals surface area contributed by atoms with Crippen LogP contribution in [0.3, 0.4) is 0 Å². The molecule has 0 radical (unpaired) electrons. The molecule has 13 heavy (non-hydrogen) atoms. The lowest BCUT2D eigenvalue weighted by Crippen LogP contribution is -2.17. The van der Waals surface area contributed by atoms with Crippen LogP contribution in [0.4, 0.5) is 5.95 Å². The van der Waals surface area contributed by atoms with Gasteiger partial charge in [-0.15, -0.1) is 0 Å². The minimum absolute atomic E-state index is 0.636. The Balaban J connectivity index is 2.53. The SMILES string of the molecule is CCNCc1nc(N(C)CC)no1. The Morgan fingerprint density at radius 1 is 1.46 bits per heavy atom. The van der Waals surface area contributed by atoms with Crippen molar-refractivity contribution >= 4 is 5.95 Å². The average molecular weight is 184 g/mol. The molecule has 0 spiro atoms. The van der Waals surface area contributed by atoms with Crippen molar-refractivity contribution < 1.29 is 4.52 Å². The normalized spacial score (nSPS) is 10.4. The molecule has 0 saturated carbocycles. The van der Waals surface area contributed by atoms with Gasteiger partial charge in [-0.25, -0.2) is 0 Å². The molecule has 5 heteroatoms. The summed E-state index contributed by atoms with van der Waals surface area (Å²) >= 11 is 0. The molecule has 5 nitrogen and oxygen atoms in total. The van der Waals surface area contributed by atoms with E-state index >= 15 is 0 Å². The highest BCUT2D eigenvalue weighted by atomic mass is 16.5. The van der Waals surface area contributed by atoms with Crippen LogP contribution in [-0.4, -0.2) is 30.3 Å². The second kappa shape index (κ2) is 4.81. The number of hydrogen-bond donors (Lipinski definition) is 1. The second-order valence-electron chi connectivity index (χ2n) is 2.78. The maximum Gasteiger partial charge on any atom is 0.265 e. The van der Waals surface area contributed by atoms with E-state index in [2.05, 4.69) is 15.5 Å². The monoisotopic (exact) mass is 184 g/mol. The van der Waals surface area contributed by atoms with Gasteiger partial charge in [-0.2, -0.15) is 4.98 Å². The zero-order valence-corrected chi connectivity index (χ0v) is 8.37. The van der Waals surface area contributed by atoms with Crippen LogP contribution in [0, 0.1) is 0 Å². The summed E-state index contributed by atoms with van der Waals surface area (Å²) in [6, 6.07) is 0. The largest absolute Gasteiger partial charge is 0.342 e. The summed E-state index contributed by atoms with van der Waals surface area (Å²) in [6.07, 6.45) is 0. The van der Waals surface area contributed by atoms with Crippen molar-refractivity contribution in [1.82, 2.24) is 15.5 Å². The first-order valence-corrected chi connectivity index (χ1v) is 4.52. The minimum atomic E-state index is 0.636. The first kappa shape index (κ1) is 9.98. The molecule has 0 saturated heterocycles. The molecule has 0 aliphatic heterocycles. The summed E-state index contributed by atoms with van der Waals surface area (Å²) in [6.45, 7) is 6.50. The van der Waals surface area contributed by atoms with E-state index in [1.165, 1.54) is 0 Å². The van der Waals surface area contributed by atoms with Gasteiger partial charge in [0.2, 0.25) is 5.89 Å². The molecule has 0 aliphatic rings. The molecule has 1 rings (SSSR count). The van der Waals surface area contributed by atoms with E-state index < -0.39 is 0 Å². The molecule has 1 N–H and O–H groups in total. The molecule has 0 unspecified atom stereocenters. The molecule has 1 aromatic rings. The van der Waals surface area contributed by atoms with Gasteiger partial charge in [0.1, 0.15) is 0 Å². The Hall–Kier alpha value is -1.10. The van der Waals surface area contributed by atoms with E-state index in [1.807, 2.05) is 25.8 Å². The van der Waals surface area contributed by atoms with Crippen LogP contribution in [-0.2, 0) is 6.54 Å². The molecule has 74 valence electrons. The van der Waals surface area contributed by atoms with Gasteiger partial charge in [0, 0.05) is 13.6 Å². The van der Waals surface area contributed by atoms with Crippen LogP contribution in [0.1, 0.15) is 19.7 Å². The van der Waals surface area contributed by atoms with Gasteiger partial charge in [0.05, 0.1) is 6.54 Å². The summed E-state index contributed by atoms with van der Waals surface area (Å²) in [5.74, 6) is 1.28. The Morgan fingerprint density at radius 2 is 2.23 bits per heavy atom. The molecular formula is C8H16N4O. The molecule has 0 atom stereocenters. The van der Waals surface area contributed by atoms with Gasteiger partial charge < -0.3 is 14.7 Å². The maximum absolute atomic E-state index is 5.02. The first-order valence-electron chi connectivity index (χ1n) is 4.52. The van der Waals surface area contributed by atoms with Gasteiger partial charge in [0.15, 0.2) is 0 Å². The Bertz CT molecular complexity index is 248. The zero-order chi connectivity index (χ0) is 9.68. The molecule has 0 fully saturated rings. The number of anilines is 1. The Labute approximate surface area is 78.1 Å². The molecule has 1 heterocycles. The fraction of sp³-hybridized carbons (Fsp3) is 0.750. The van der Waals surface area contributed by atoms with Crippen LogP contribution in [0.15, 0.2) is 4.52 Å². The minimum Gasteiger partial charge on any atom is -0.342 e. The summed E-state index contributed by atoms with van der Waals surface area (Å²) in [7, 11) is 1.93. The smallest absolute Gasteiger partial charge is 0.265 e. The molecule has 0 amide bonds. The van der Waals surface area contributed by atoms with Crippen molar-refractivity contribution in [2.24, 2.45) is 0 Å². The molecule has 0 bridgehead atoms. The van der Waals surface area contributed by atoms with E-state index in [9.17, 15) is 0 Å². The van der Waals surface area contributed by atoms with E-state index in [0.717, 1.165) is 13.1 Å². The number of nitrogens with zero attached hydrogens (tertiary/aromatic N) is 3. The topological polar surface area (TPSA) is 54.2 Å². The zero-order valence-electron chi connectivity index (χ0n) is 8.37. The quantitative estimate of drug-likeness (QED) is 0.727. The summed E-state index contributed by atoms with van der Waals surface area (Å²) in [5, 5.41) is 6.96.